The first-order chi connectivity index (χ1) is 18.2. The Morgan fingerprint density at radius 1 is 0.892 bits per heavy atom. The molecule has 0 N–H and O–H groups in total. The van der Waals surface area contributed by atoms with Crippen molar-refractivity contribution >= 4 is 11.6 Å². The number of hydrogen-bond donors (Lipinski definition) is 0. The molecule has 0 saturated heterocycles. The second-order valence-electron chi connectivity index (χ2n) is 8.92. The summed E-state index contributed by atoms with van der Waals surface area (Å²) in [6.45, 7) is 3.15. The quantitative estimate of drug-likeness (QED) is 0.263. The number of pyridine rings is 1. The van der Waals surface area contributed by atoms with Gasteiger partial charge in [-0.2, -0.15) is 4.68 Å². The molecular formula is C28H28ClN7O. The first-order valence-corrected chi connectivity index (χ1v) is 12.8. The Morgan fingerprint density at radius 3 is 2.43 bits per heavy atom. The summed E-state index contributed by atoms with van der Waals surface area (Å²) in [5.74, 6) is 0. The van der Waals surface area contributed by atoms with E-state index in [1.165, 1.54) is 5.56 Å². The van der Waals surface area contributed by atoms with Crippen LogP contribution < -0.4 is 5.69 Å². The van der Waals surface area contributed by atoms with E-state index in [2.05, 4.69) is 39.6 Å². The topological polar surface area (TPSA) is 83.4 Å². The lowest BCUT2D eigenvalue weighted by atomic mass is 10.1. The number of tetrazole rings is 1. The molecule has 0 unspecified atom stereocenters. The van der Waals surface area contributed by atoms with Crippen LogP contribution >= 0.6 is 11.6 Å². The lowest BCUT2D eigenvalue weighted by Crippen LogP contribution is -2.26. The van der Waals surface area contributed by atoms with Gasteiger partial charge in [0.1, 0.15) is 11.5 Å². The molecular weight excluding hydrogens is 486 g/mol. The number of halogens is 1. The third-order valence-corrected chi connectivity index (χ3v) is 6.87. The SMILES string of the molecule is CCCCc1c(Cl)n(CCc2ccccc2)c(=O)n1Cc1ccc(-c2ncccc2-n2cnnn2)cc1. The van der Waals surface area contributed by atoms with Crippen LogP contribution in [-0.2, 0) is 25.9 Å². The van der Waals surface area contributed by atoms with Gasteiger partial charge in [-0.25, -0.2) is 4.79 Å². The van der Waals surface area contributed by atoms with Gasteiger partial charge in [0.05, 0.1) is 23.6 Å². The van der Waals surface area contributed by atoms with Gasteiger partial charge in [-0.3, -0.25) is 14.1 Å². The van der Waals surface area contributed by atoms with Crippen LogP contribution in [-0.4, -0.2) is 34.3 Å². The molecule has 0 fully saturated rings. The molecule has 0 bridgehead atoms. The zero-order chi connectivity index (χ0) is 25.6. The van der Waals surface area contributed by atoms with Crippen molar-refractivity contribution in [1.82, 2.24) is 34.3 Å². The normalized spacial score (nSPS) is 11.2. The van der Waals surface area contributed by atoms with E-state index < -0.39 is 0 Å². The highest BCUT2D eigenvalue weighted by atomic mass is 35.5. The lowest BCUT2D eigenvalue weighted by Gasteiger charge is -2.10. The average Bonchev–Trinajstić information content (AvgIpc) is 3.55. The standard InChI is InChI=1S/C28H28ClN7O/c1-2-3-10-25-27(29)34(18-16-21-8-5-4-6-9-21)28(37)35(25)19-22-12-14-23(15-13-22)26-24(11-7-17-30-26)36-20-31-32-33-36/h4-9,11-15,17,20H,2-3,10,16,18-19H2,1H3. The smallest absolute Gasteiger partial charge is 0.290 e. The van der Waals surface area contributed by atoms with E-state index in [9.17, 15) is 4.79 Å². The fourth-order valence-electron chi connectivity index (χ4n) is 4.46. The van der Waals surface area contributed by atoms with Gasteiger partial charge in [0.25, 0.3) is 0 Å². The van der Waals surface area contributed by atoms with Crippen LogP contribution in [0.1, 0.15) is 36.6 Å². The molecule has 188 valence electrons. The van der Waals surface area contributed by atoms with Gasteiger partial charge in [-0.05, 0) is 52.9 Å². The summed E-state index contributed by atoms with van der Waals surface area (Å²) in [5, 5.41) is 12.0. The van der Waals surface area contributed by atoms with Crippen LogP contribution in [0.5, 0.6) is 0 Å². The molecule has 2 aromatic carbocycles. The molecule has 3 aromatic heterocycles. The Balaban J connectivity index is 1.42. The molecule has 0 radical (unpaired) electrons. The Kier molecular flexibility index (Phi) is 7.56. The first-order valence-electron chi connectivity index (χ1n) is 12.4. The molecule has 0 aliphatic rings. The lowest BCUT2D eigenvalue weighted by molar-refractivity contribution is 0.626. The highest BCUT2D eigenvalue weighted by molar-refractivity contribution is 6.30. The second kappa shape index (κ2) is 11.3. The summed E-state index contributed by atoms with van der Waals surface area (Å²) in [7, 11) is 0. The predicted molar refractivity (Wildman–Crippen MR) is 144 cm³/mol. The van der Waals surface area contributed by atoms with Crippen molar-refractivity contribution in [2.45, 2.75) is 45.7 Å². The third kappa shape index (κ3) is 5.39. The van der Waals surface area contributed by atoms with E-state index >= 15 is 0 Å². The molecule has 5 aromatic rings. The molecule has 3 heterocycles. The maximum atomic E-state index is 13.5. The average molecular weight is 514 g/mol. The van der Waals surface area contributed by atoms with E-state index in [0.29, 0.717) is 18.2 Å². The Labute approximate surface area is 220 Å². The van der Waals surface area contributed by atoms with Crippen molar-refractivity contribution < 1.29 is 0 Å². The Bertz CT molecular complexity index is 1510. The highest BCUT2D eigenvalue weighted by Crippen LogP contribution is 2.25. The van der Waals surface area contributed by atoms with Gasteiger partial charge in [0, 0.05) is 18.3 Å². The van der Waals surface area contributed by atoms with Gasteiger partial charge < -0.3 is 0 Å². The van der Waals surface area contributed by atoms with E-state index in [0.717, 1.165) is 53.9 Å². The van der Waals surface area contributed by atoms with Crippen molar-refractivity contribution in [2.24, 2.45) is 0 Å². The summed E-state index contributed by atoms with van der Waals surface area (Å²) in [6.07, 6.45) is 6.81. The Morgan fingerprint density at radius 2 is 1.70 bits per heavy atom. The van der Waals surface area contributed by atoms with Crippen LogP contribution in [0.15, 0.2) is 84.0 Å². The molecule has 9 heteroatoms. The molecule has 0 saturated carbocycles. The fraction of sp³-hybridized carbons (Fsp3) is 0.250. The summed E-state index contributed by atoms with van der Waals surface area (Å²) in [4.78, 5) is 18.0. The number of rotatable bonds is 10. The van der Waals surface area contributed by atoms with Crippen LogP contribution in [0.25, 0.3) is 16.9 Å². The van der Waals surface area contributed by atoms with Crippen LogP contribution in [0.4, 0.5) is 0 Å². The number of nitrogens with zero attached hydrogens (tertiary/aromatic N) is 7. The minimum atomic E-state index is -0.0678. The first kappa shape index (κ1) is 24.6. The summed E-state index contributed by atoms with van der Waals surface area (Å²) in [6, 6.07) is 22.0. The number of benzene rings is 2. The van der Waals surface area contributed by atoms with Crippen molar-refractivity contribution in [3.05, 3.63) is 112 Å². The van der Waals surface area contributed by atoms with Crippen molar-refractivity contribution in [3.8, 4) is 16.9 Å². The molecule has 5 rings (SSSR count). The van der Waals surface area contributed by atoms with E-state index in [1.807, 2.05) is 59.2 Å². The molecule has 0 amide bonds. The van der Waals surface area contributed by atoms with Crippen LogP contribution in [0.2, 0.25) is 5.15 Å². The van der Waals surface area contributed by atoms with Gasteiger partial charge in [0.15, 0.2) is 0 Å². The fourth-order valence-corrected chi connectivity index (χ4v) is 4.82. The van der Waals surface area contributed by atoms with Crippen molar-refractivity contribution in [2.75, 3.05) is 0 Å². The van der Waals surface area contributed by atoms with Crippen molar-refractivity contribution in [1.29, 1.82) is 0 Å². The summed E-state index contributed by atoms with van der Waals surface area (Å²) >= 11 is 6.79. The number of hydrogen-bond acceptors (Lipinski definition) is 5. The summed E-state index contributed by atoms with van der Waals surface area (Å²) < 4.78 is 5.13. The minimum Gasteiger partial charge on any atom is -0.290 e. The predicted octanol–water partition coefficient (Wildman–Crippen LogP) is 4.97. The second-order valence-corrected chi connectivity index (χ2v) is 9.28. The molecule has 0 aliphatic heterocycles. The molecule has 0 aliphatic carbocycles. The number of aromatic nitrogens is 7. The van der Waals surface area contributed by atoms with Gasteiger partial charge >= 0.3 is 5.69 Å². The van der Waals surface area contributed by atoms with Gasteiger partial charge in [0.2, 0.25) is 0 Å². The number of unbranched alkanes of at least 4 members (excludes halogenated alkanes) is 1. The van der Waals surface area contributed by atoms with Gasteiger partial charge in [-0.1, -0.05) is 79.5 Å². The molecule has 8 nitrogen and oxygen atoms in total. The zero-order valence-electron chi connectivity index (χ0n) is 20.7. The van der Waals surface area contributed by atoms with E-state index in [-0.39, 0.29) is 5.69 Å². The number of aryl methyl sites for hydroxylation is 1. The highest BCUT2D eigenvalue weighted by Gasteiger charge is 2.18. The van der Waals surface area contributed by atoms with Crippen LogP contribution in [0.3, 0.4) is 0 Å². The van der Waals surface area contributed by atoms with Gasteiger partial charge in [-0.15, -0.1) is 5.10 Å². The van der Waals surface area contributed by atoms with E-state index in [1.54, 1.807) is 21.8 Å². The molecule has 37 heavy (non-hydrogen) atoms. The maximum Gasteiger partial charge on any atom is 0.329 e. The molecule has 0 spiro atoms. The minimum absolute atomic E-state index is 0.0678. The zero-order valence-corrected chi connectivity index (χ0v) is 21.4. The maximum absolute atomic E-state index is 13.5. The summed E-state index contributed by atoms with van der Waals surface area (Å²) in [5.41, 5.74) is 5.53. The van der Waals surface area contributed by atoms with Crippen molar-refractivity contribution in [3.63, 3.8) is 0 Å². The number of imidazole rings is 1. The largest absolute Gasteiger partial charge is 0.329 e. The third-order valence-electron chi connectivity index (χ3n) is 6.45. The van der Waals surface area contributed by atoms with Crippen LogP contribution in [0, 0.1) is 0 Å². The monoisotopic (exact) mass is 513 g/mol. The van der Waals surface area contributed by atoms with E-state index in [4.69, 9.17) is 11.6 Å². The molecule has 0 atom stereocenters. The Hall–Kier alpha value is -4.04.